The topological polar surface area (TPSA) is 47.6 Å². The highest BCUT2D eigenvalue weighted by Gasteiger charge is 2.24. The van der Waals surface area contributed by atoms with Gasteiger partial charge in [-0.1, -0.05) is 0 Å². The number of alkyl carbamates (subject to hydrolysis) is 1. The predicted molar refractivity (Wildman–Crippen MR) is 86.2 cm³/mol. The molecule has 5 heteroatoms. The Morgan fingerprint density at radius 3 is 2.95 bits per heavy atom. The molecule has 20 heavy (non-hydrogen) atoms. The number of hydrogen-bond acceptors (Lipinski definition) is 3. The number of carbonyl (C=O) groups excluding carboxylic acids is 1. The zero-order valence-electron chi connectivity index (χ0n) is 12.0. The SMILES string of the molecule is CC(C)(C)OC(=O)NCCC1COc2ccc(I)cc21. The van der Waals surface area contributed by atoms with Crippen LogP contribution in [0.25, 0.3) is 0 Å². The number of amides is 1. The summed E-state index contributed by atoms with van der Waals surface area (Å²) in [6.07, 6.45) is 0.492. The molecule has 1 aromatic rings. The van der Waals surface area contributed by atoms with Crippen molar-refractivity contribution in [2.75, 3.05) is 13.2 Å². The minimum absolute atomic E-state index is 0.342. The van der Waals surface area contributed by atoms with Gasteiger partial charge in [-0.15, -0.1) is 0 Å². The number of benzene rings is 1. The third-order valence-corrected chi connectivity index (χ3v) is 3.68. The quantitative estimate of drug-likeness (QED) is 0.803. The summed E-state index contributed by atoms with van der Waals surface area (Å²) in [7, 11) is 0. The zero-order chi connectivity index (χ0) is 14.8. The van der Waals surface area contributed by atoms with Gasteiger partial charge >= 0.3 is 6.09 Å². The van der Waals surface area contributed by atoms with Gasteiger partial charge in [0.25, 0.3) is 0 Å². The van der Waals surface area contributed by atoms with E-state index in [2.05, 4.69) is 34.0 Å². The Kier molecular flexibility index (Phi) is 4.78. The molecule has 2 rings (SSSR count). The minimum Gasteiger partial charge on any atom is -0.493 e. The average molecular weight is 389 g/mol. The van der Waals surface area contributed by atoms with Crippen molar-refractivity contribution in [2.45, 2.75) is 38.7 Å². The Hall–Kier alpha value is -0.980. The third-order valence-electron chi connectivity index (χ3n) is 3.01. The van der Waals surface area contributed by atoms with E-state index in [0.29, 0.717) is 19.1 Å². The molecule has 0 saturated carbocycles. The summed E-state index contributed by atoms with van der Waals surface area (Å²) in [5.41, 5.74) is 0.784. The van der Waals surface area contributed by atoms with Crippen LogP contribution in [-0.2, 0) is 4.74 Å². The maximum atomic E-state index is 11.6. The molecule has 0 aromatic heterocycles. The highest BCUT2D eigenvalue weighted by molar-refractivity contribution is 14.1. The van der Waals surface area contributed by atoms with Crippen LogP contribution >= 0.6 is 22.6 Å². The van der Waals surface area contributed by atoms with Crippen molar-refractivity contribution in [1.82, 2.24) is 5.32 Å². The second-order valence-corrected chi connectivity index (χ2v) is 7.15. The lowest BCUT2D eigenvalue weighted by atomic mass is 9.98. The first-order valence-electron chi connectivity index (χ1n) is 6.74. The second-order valence-electron chi connectivity index (χ2n) is 5.91. The van der Waals surface area contributed by atoms with E-state index in [1.807, 2.05) is 32.9 Å². The fourth-order valence-electron chi connectivity index (χ4n) is 2.15. The Labute approximate surface area is 133 Å². The van der Waals surface area contributed by atoms with Gasteiger partial charge in [0, 0.05) is 21.6 Å². The molecule has 1 amide bonds. The number of ether oxygens (including phenoxy) is 2. The molecule has 0 radical (unpaired) electrons. The highest BCUT2D eigenvalue weighted by Crippen LogP contribution is 2.36. The molecule has 0 fully saturated rings. The van der Waals surface area contributed by atoms with E-state index in [-0.39, 0.29) is 6.09 Å². The van der Waals surface area contributed by atoms with Gasteiger partial charge in [0.05, 0.1) is 6.61 Å². The number of halogens is 1. The number of fused-ring (bicyclic) bond motifs is 1. The summed E-state index contributed by atoms with van der Waals surface area (Å²) < 4.78 is 12.1. The molecular formula is C15H20INO3. The molecule has 0 aliphatic carbocycles. The predicted octanol–water partition coefficient (Wildman–Crippen LogP) is 3.68. The average Bonchev–Trinajstić information content (AvgIpc) is 2.69. The Morgan fingerprint density at radius 1 is 1.50 bits per heavy atom. The molecule has 0 saturated heterocycles. The summed E-state index contributed by atoms with van der Waals surface area (Å²) in [5, 5.41) is 2.79. The standard InChI is InChI=1S/C15H20INO3/c1-15(2,3)20-14(18)17-7-6-10-9-19-13-5-4-11(16)8-12(10)13/h4-5,8,10H,6-7,9H2,1-3H3,(H,17,18). The molecule has 1 aliphatic heterocycles. The Bertz CT molecular complexity index is 496. The van der Waals surface area contributed by atoms with Gasteiger partial charge < -0.3 is 14.8 Å². The first kappa shape index (κ1) is 15.4. The van der Waals surface area contributed by atoms with Crippen molar-refractivity contribution in [1.29, 1.82) is 0 Å². The summed E-state index contributed by atoms with van der Waals surface area (Å²) in [6, 6.07) is 6.21. The van der Waals surface area contributed by atoms with Crippen LogP contribution in [0.3, 0.4) is 0 Å². The van der Waals surface area contributed by atoms with E-state index in [9.17, 15) is 4.79 Å². The van der Waals surface area contributed by atoms with Gasteiger partial charge in [0.2, 0.25) is 0 Å². The molecule has 1 unspecified atom stereocenters. The van der Waals surface area contributed by atoms with Crippen molar-refractivity contribution >= 4 is 28.7 Å². The summed E-state index contributed by atoms with van der Waals surface area (Å²) in [5.74, 6) is 1.31. The molecule has 1 aromatic carbocycles. The highest BCUT2D eigenvalue weighted by atomic mass is 127. The summed E-state index contributed by atoms with van der Waals surface area (Å²) in [6.45, 7) is 6.85. The van der Waals surface area contributed by atoms with E-state index < -0.39 is 5.60 Å². The summed E-state index contributed by atoms with van der Waals surface area (Å²) in [4.78, 5) is 11.6. The van der Waals surface area contributed by atoms with E-state index in [0.717, 1.165) is 12.2 Å². The van der Waals surface area contributed by atoms with Crippen LogP contribution in [0.15, 0.2) is 18.2 Å². The Balaban J connectivity index is 1.82. The smallest absolute Gasteiger partial charge is 0.407 e. The molecular weight excluding hydrogens is 369 g/mol. The second kappa shape index (κ2) is 6.20. The monoisotopic (exact) mass is 389 g/mol. The fraction of sp³-hybridized carbons (Fsp3) is 0.533. The van der Waals surface area contributed by atoms with E-state index in [4.69, 9.17) is 9.47 Å². The van der Waals surface area contributed by atoms with Crippen LogP contribution in [0.4, 0.5) is 4.79 Å². The van der Waals surface area contributed by atoms with Gasteiger partial charge in [-0.3, -0.25) is 0 Å². The number of rotatable bonds is 3. The molecule has 0 bridgehead atoms. The van der Waals surface area contributed by atoms with Crippen LogP contribution in [0, 0.1) is 3.57 Å². The third kappa shape index (κ3) is 4.26. The maximum absolute atomic E-state index is 11.6. The lowest BCUT2D eigenvalue weighted by Gasteiger charge is -2.20. The van der Waals surface area contributed by atoms with Gasteiger partial charge in [0.15, 0.2) is 0 Å². The van der Waals surface area contributed by atoms with E-state index in [1.54, 1.807) is 0 Å². The molecule has 0 spiro atoms. The molecule has 4 nitrogen and oxygen atoms in total. The largest absolute Gasteiger partial charge is 0.493 e. The van der Waals surface area contributed by atoms with Crippen LogP contribution in [0.5, 0.6) is 5.75 Å². The van der Waals surface area contributed by atoms with Crippen LogP contribution < -0.4 is 10.1 Å². The Morgan fingerprint density at radius 2 is 2.25 bits per heavy atom. The first-order valence-corrected chi connectivity index (χ1v) is 7.82. The molecule has 1 atom stereocenters. The number of carbonyl (C=O) groups is 1. The van der Waals surface area contributed by atoms with Crippen molar-refractivity contribution in [2.24, 2.45) is 0 Å². The molecule has 1 aliphatic rings. The zero-order valence-corrected chi connectivity index (χ0v) is 14.2. The number of hydrogen-bond donors (Lipinski definition) is 1. The number of nitrogens with one attached hydrogen (secondary N) is 1. The minimum atomic E-state index is -0.455. The van der Waals surface area contributed by atoms with Gasteiger partial charge in [-0.25, -0.2) is 4.79 Å². The first-order chi connectivity index (χ1) is 9.35. The molecule has 1 heterocycles. The van der Waals surface area contributed by atoms with Crippen molar-refractivity contribution < 1.29 is 14.3 Å². The van der Waals surface area contributed by atoms with Gasteiger partial charge in [-0.05, 0) is 68.0 Å². The lowest BCUT2D eigenvalue weighted by molar-refractivity contribution is 0.0526. The van der Waals surface area contributed by atoms with Crippen LogP contribution in [0.1, 0.15) is 38.7 Å². The van der Waals surface area contributed by atoms with E-state index >= 15 is 0 Å². The molecule has 110 valence electrons. The van der Waals surface area contributed by atoms with Crippen LogP contribution in [-0.4, -0.2) is 24.8 Å². The maximum Gasteiger partial charge on any atom is 0.407 e. The van der Waals surface area contributed by atoms with Crippen molar-refractivity contribution in [3.05, 3.63) is 27.3 Å². The van der Waals surface area contributed by atoms with Crippen molar-refractivity contribution in [3.63, 3.8) is 0 Å². The van der Waals surface area contributed by atoms with E-state index in [1.165, 1.54) is 9.13 Å². The fourth-order valence-corrected chi connectivity index (χ4v) is 2.67. The normalized spacial score (nSPS) is 17.3. The lowest BCUT2D eigenvalue weighted by Crippen LogP contribution is -2.33. The summed E-state index contributed by atoms with van der Waals surface area (Å²) >= 11 is 2.30. The van der Waals surface area contributed by atoms with Gasteiger partial charge in [0.1, 0.15) is 11.4 Å². The van der Waals surface area contributed by atoms with Gasteiger partial charge in [-0.2, -0.15) is 0 Å². The van der Waals surface area contributed by atoms with Crippen LogP contribution in [0.2, 0.25) is 0 Å². The van der Waals surface area contributed by atoms with Crippen molar-refractivity contribution in [3.8, 4) is 5.75 Å². The molecule has 1 N–H and O–H groups in total.